The summed E-state index contributed by atoms with van der Waals surface area (Å²) >= 11 is 0. The van der Waals surface area contributed by atoms with Gasteiger partial charge < -0.3 is 9.84 Å². The third-order valence-corrected chi connectivity index (χ3v) is 3.40. The third kappa shape index (κ3) is 2.27. The highest BCUT2D eigenvalue weighted by Crippen LogP contribution is 2.28. The highest BCUT2D eigenvalue weighted by atomic mass is 16.5. The predicted molar refractivity (Wildman–Crippen MR) is 57.3 cm³/mol. The molecule has 1 heterocycles. The summed E-state index contributed by atoms with van der Waals surface area (Å²) in [5.74, 6) is 0. The Morgan fingerprint density at radius 1 is 1.43 bits per heavy atom. The number of ether oxygens (including phenoxy) is 1. The van der Waals surface area contributed by atoms with Crippen molar-refractivity contribution in [3.8, 4) is 0 Å². The summed E-state index contributed by atoms with van der Waals surface area (Å²) in [6.07, 6.45) is 1.66. The molecule has 1 N–H and O–H groups in total. The van der Waals surface area contributed by atoms with Gasteiger partial charge in [0, 0.05) is 11.6 Å². The highest BCUT2D eigenvalue weighted by molar-refractivity contribution is 4.91. The van der Waals surface area contributed by atoms with Gasteiger partial charge in [0.05, 0.1) is 18.8 Å². The van der Waals surface area contributed by atoms with Crippen LogP contribution in [0.5, 0.6) is 0 Å². The van der Waals surface area contributed by atoms with Crippen molar-refractivity contribution in [3.05, 3.63) is 0 Å². The molecule has 0 bridgehead atoms. The molecule has 14 heavy (non-hydrogen) atoms. The fourth-order valence-corrected chi connectivity index (χ4v) is 2.08. The van der Waals surface area contributed by atoms with Gasteiger partial charge in [-0.15, -0.1) is 0 Å². The van der Waals surface area contributed by atoms with Gasteiger partial charge in [-0.1, -0.05) is 0 Å². The van der Waals surface area contributed by atoms with Crippen LogP contribution in [0.15, 0.2) is 0 Å². The third-order valence-electron chi connectivity index (χ3n) is 3.40. The molecule has 0 saturated carbocycles. The molecule has 0 aromatic heterocycles. The zero-order valence-electron chi connectivity index (χ0n) is 9.95. The molecule has 0 aromatic carbocycles. The average Bonchev–Trinajstić information content (AvgIpc) is 2.44. The lowest BCUT2D eigenvalue weighted by atomic mass is 9.98. The van der Waals surface area contributed by atoms with Crippen molar-refractivity contribution < 1.29 is 9.84 Å². The van der Waals surface area contributed by atoms with Crippen molar-refractivity contribution in [1.29, 1.82) is 0 Å². The van der Waals surface area contributed by atoms with E-state index in [0.29, 0.717) is 12.1 Å². The minimum absolute atomic E-state index is 0.160. The standard InChI is InChI=1S/C11H23NO2/c1-8-6-10(9(2)14-8)12(5)11(3,4)7-13/h8-10,13H,6-7H2,1-5H3. The highest BCUT2D eigenvalue weighted by Gasteiger charge is 2.37. The number of aliphatic hydroxyl groups is 1. The first-order valence-electron chi connectivity index (χ1n) is 5.37. The first-order valence-corrected chi connectivity index (χ1v) is 5.37. The van der Waals surface area contributed by atoms with E-state index in [4.69, 9.17) is 4.74 Å². The molecule has 3 heteroatoms. The Bertz CT molecular complexity index is 194. The van der Waals surface area contributed by atoms with Gasteiger partial charge in [-0.25, -0.2) is 0 Å². The van der Waals surface area contributed by atoms with Crippen LogP contribution in [0.3, 0.4) is 0 Å². The van der Waals surface area contributed by atoms with E-state index in [2.05, 4.69) is 39.6 Å². The molecule has 3 nitrogen and oxygen atoms in total. The molecule has 3 atom stereocenters. The lowest BCUT2D eigenvalue weighted by molar-refractivity contribution is 0.00351. The van der Waals surface area contributed by atoms with Crippen molar-refractivity contribution in [1.82, 2.24) is 4.90 Å². The molecule has 1 saturated heterocycles. The summed E-state index contributed by atoms with van der Waals surface area (Å²) in [5, 5.41) is 9.29. The summed E-state index contributed by atoms with van der Waals surface area (Å²) in [4.78, 5) is 2.24. The van der Waals surface area contributed by atoms with Crippen LogP contribution in [-0.4, -0.2) is 47.4 Å². The van der Waals surface area contributed by atoms with E-state index in [0.717, 1.165) is 6.42 Å². The Morgan fingerprint density at radius 2 is 2.00 bits per heavy atom. The number of likely N-dealkylation sites (N-methyl/N-ethyl adjacent to an activating group) is 1. The summed E-state index contributed by atoms with van der Waals surface area (Å²) < 4.78 is 5.71. The average molecular weight is 201 g/mol. The van der Waals surface area contributed by atoms with Crippen LogP contribution < -0.4 is 0 Å². The zero-order chi connectivity index (χ0) is 10.9. The summed E-state index contributed by atoms with van der Waals surface area (Å²) in [5.41, 5.74) is -0.160. The van der Waals surface area contributed by atoms with E-state index in [1.807, 2.05) is 0 Å². The molecule has 84 valence electrons. The van der Waals surface area contributed by atoms with Crippen LogP contribution in [0, 0.1) is 0 Å². The van der Waals surface area contributed by atoms with Crippen molar-refractivity contribution in [3.63, 3.8) is 0 Å². The van der Waals surface area contributed by atoms with Gasteiger partial charge in [0.2, 0.25) is 0 Å². The molecular weight excluding hydrogens is 178 g/mol. The Labute approximate surface area is 87.1 Å². The van der Waals surface area contributed by atoms with Crippen molar-refractivity contribution >= 4 is 0 Å². The van der Waals surface area contributed by atoms with E-state index < -0.39 is 0 Å². The first kappa shape index (κ1) is 12.0. The number of hydrogen-bond donors (Lipinski definition) is 1. The lowest BCUT2D eigenvalue weighted by Crippen LogP contribution is -2.52. The molecule has 0 aromatic rings. The van der Waals surface area contributed by atoms with Crippen LogP contribution in [-0.2, 0) is 4.74 Å². The van der Waals surface area contributed by atoms with Gasteiger partial charge in [0.25, 0.3) is 0 Å². The Hall–Kier alpha value is -0.120. The lowest BCUT2D eigenvalue weighted by Gasteiger charge is -2.39. The predicted octanol–water partition coefficient (Wildman–Crippen LogP) is 1.25. The maximum Gasteiger partial charge on any atom is 0.0706 e. The SMILES string of the molecule is CC1CC(N(C)C(C)(C)CO)C(C)O1. The fourth-order valence-electron chi connectivity index (χ4n) is 2.08. The van der Waals surface area contributed by atoms with Gasteiger partial charge in [-0.05, 0) is 41.2 Å². The molecule has 1 rings (SSSR count). The quantitative estimate of drug-likeness (QED) is 0.746. The van der Waals surface area contributed by atoms with Gasteiger partial charge >= 0.3 is 0 Å². The summed E-state index contributed by atoms with van der Waals surface area (Å²) in [7, 11) is 2.07. The van der Waals surface area contributed by atoms with E-state index in [1.165, 1.54) is 0 Å². The number of rotatable bonds is 3. The molecule has 0 aliphatic carbocycles. The Kier molecular flexibility index (Phi) is 3.56. The van der Waals surface area contributed by atoms with Gasteiger partial charge in [-0.3, -0.25) is 4.90 Å². The molecule has 0 radical (unpaired) electrons. The number of aliphatic hydroxyl groups excluding tert-OH is 1. The van der Waals surface area contributed by atoms with E-state index in [-0.39, 0.29) is 18.2 Å². The van der Waals surface area contributed by atoms with Crippen LogP contribution in [0.4, 0.5) is 0 Å². The van der Waals surface area contributed by atoms with E-state index in [9.17, 15) is 5.11 Å². The second-order valence-electron chi connectivity index (χ2n) is 5.04. The largest absolute Gasteiger partial charge is 0.394 e. The normalized spacial score (nSPS) is 34.1. The Balaban J connectivity index is 2.65. The van der Waals surface area contributed by atoms with E-state index >= 15 is 0 Å². The molecule has 0 amide bonds. The Morgan fingerprint density at radius 3 is 2.36 bits per heavy atom. The monoisotopic (exact) mass is 201 g/mol. The minimum atomic E-state index is -0.160. The fraction of sp³-hybridized carbons (Fsp3) is 1.00. The van der Waals surface area contributed by atoms with Crippen LogP contribution in [0.1, 0.15) is 34.1 Å². The van der Waals surface area contributed by atoms with Gasteiger partial charge in [0.1, 0.15) is 0 Å². The van der Waals surface area contributed by atoms with Crippen LogP contribution in [0.25, 0.3) is 0 Å². The molecular formula is C11H23NO2. The summed E-state index contributed by atoms with van der Waals surface area (Å²) in [6.45, 7) is 8.51. The van der Waals surface area contributed by atoms with Gasteiger partial charge in [0.15, 0.2) is 0 Å². The molecule has 1 aliphatic rings. The minimum Gasteiger partial charge on any atom is -0.394 e. The number of nitrogens with zero attached hydrogens (tertiary/aromatic N) is 1. The molecule has 1 fully saturated rings. The summed E-state index contributed by atoms with van der Waals surface area (Å²) in [6, 6.07) is 0.423. The van der Waals surface area contributed by atoms with Crippen molar-refractivity contribution in [2.24, 2.45) is 0 Å². The second kappa shape index (κ2) is 4.17. The number of hydrogen-bond acceptors (Lipinski definition) is 3. The molecule has 0 spiro atoms. The van der Waals surface area contributed by atoms with Crippen LogP contribution in [0.2, 0.25) is 0 Å². The van der Waals surface area contributed by atoms with E-state index in [1.54, 1.807) is 0 Å². The maximum absolute atomic E-state index is 9.29. The second-order valence-corrected chi connectivity index (χ2v) is 5.04. The maximum atomic E-state index is 9.29. The first-order chi connectivity index (χ1) is 6.38. The van der Waals surface area contributed by atoms with Crippen LogP contribution >= 0.6 is 0 Å². The topological polar surface area (TPSA) is 32.7 Å². The van der Waals surface area contributed by atoms with Gasteiger partial charge in [-0.2, -0.15) is 0 Å². The molecule has 1 aliphatic heterocycles. The van der Waals surface area contributed by atoms with Crippen molar-refractivity contribution in [2.75, 3.05) is 13.7 Å². The van der Waals surface area contributed by atoms with Crippen molar-refractivity contribution in [2.45, 2.75) is 57.9 Å². The molecule has 3 unspecified atom stereocenters. The smallest absolute Gasteiger partial charge is 0.0706 e. The zero-order valence-corrected chi connectivity index (χ0v) is 9.95.